The number of carbonyl (C=O) groups excluding carboxylic acids is 1. The van der Waals surface area contributed by atoms with Crippen LogP contribution in [0, 0.1) is 5.82 Å². The third-order valence-corrected chi connectivity index (χ3v) is 5.62. The van der Waals surface area contributed by atoms with Crippen molar-refractivity contribution in [1.82, 2.24) is 5.32 Å². The molecule has 4 nitrogen and oxygen atoms in total. The van der Waals surface area contributed by atoms with Gasteiger partial charge in [0.15, 0.2) is 0 Å². The Morgan fingerprint density at radius 2 is 1.95 bits per heavy atom. The quantitative estimate of drug-likeness (QED) is 0.814. The summed E-state index contributed by atoms with van der Waals surface area (Å²) >= 11 is 2.82. The van der Waals surface area contributed by atoms with Crippen LogP contribution in [0.4, 0.5) is 4.39 Å². The van der Waals surface area contributed by atoms with E-state index >= 15 is 0 Å². The van der Waals surface area contributed by atoms with Gasteiger partial charge in [-0.1, -0.05) is 12.8 Å². The molecule has 0 atom stereocenters. The largest absolute Gasteiger partial charge is 0.349 e. The van der Waals surface area contributed by atoms with Crippen molar-refractivity contribution in [2.45, 2.75) is 36.6 Å². The standard InChI is InChI=1S/C12H12BrClFNO3S/c13-11-9(15)5-7(6-10(11)20(14,18)19)12(17)16-8-3-1-2-4-8/h5-6,8H,1-4H2,(H,16,17). The van der Waals surface area contributed by atoms with Crippen LogP contribution in [0.15, 0.2) is 21.5 Å². The van der Waals surface area contributed by atoms with E-state index in [1.54, 1.807) is 0 Å². The van der Waals surface area contributed by atoms with Gasteiger partial charge in [-0.3, -0.25) is 4.79 Å². The van der Waals surface area contributed by atoms with Gasteiger partial charge in [0.05, 0.1) is 4.47 Å². The third-order valence-electron chi connectivity index (χ3n) is 3.21. The molecular weight excluding hydrogens is 373 g/mol. The second kappa shape index (κ2) is 5.99. The fourth-order valence-corrected chi connectivity index (χ4v) is 4.30. The highest BCUT2D eigenvalue weighted by molar-refractivity contribution is 9.10. The molecule has 0 saturated heterocycles. The van der Waals surface area contributed by atoms with E-state index in [0.717, 1.165) is 37.8 Å². The van der Waals surface area contributed by atoms with Crippen molar-refractivity contribution >= 4 is 41.6 Å². The summed E-state index contributed by atoms with van der Waals surface area (Å²) in [7, 11) is 1.09. The van der Waals surface area contributed by atoms with Gasteiger partial charge in [0.2, 0.25) is 0 Å². The van der Waals surface area contributed by atoms with E-state index in [1.165, 1.54) is 0 Å². The molecule has 0 radical (unpaired) electrons. The molecule has 0 aromatic heterocycles. The van der Waals surface area contributed by atoms with Crippen LogP contribution in [0.2, 0.25) is 0 Å². The Bertz CT molecular complexity index is 644. The first kappa shape index (κ1) is 15.7. The van der Waals surface area contributed by atoms with Gasteiger partial charge in [0.25, 0.3) is 15.0 Å². The maximum absolute atomic E-state index is 13.7. The van der Waals surface area contributed by atoms with Crippen LogP contribution in [-0.4, -0.2) is 20.4 Å². The molecule has 1 aliphatic carbocycles. The summed E-state index contributed by atoms with van der Waals surface area (Å²) in [6.45, 7) is 0. The second-order valence-corrected chi connectivity index (χ2v) is 7.99. The summed E-state index contributed by atoms with van der Waals surface area (Å²) in [5.74, 6) is -1.34. The molecule has 110 valence electrons. The number of carbonyl (C=O) groups is 1. The molecule has 1 amide bonds. The fourth-order valence-electron chi connectivity index (χ4n) is 2.21. The first-order chi connectivity index (χ1) is 9.29. The number of halogens is 3. The van der Waals surface area contributed by atoms with Crippen LogP contribution < -0.4 is 5.32 Å². The summed E-state index contributed by atoms with van der Waals surface area (Å²) in [6, 6.07) is 2.12. The minimum Gasteiger partial charge on any atom is -0.349 e. The summed E-state index contributed by atoms with van der Waals surface area (Å²) in [5, 5.41) is 2.76. The first-order valence-electron chi connectivity index (χ1n) is 6.03. The van der Waals surface area contributed by atoms with E-state index in [-0.39, 0.29) is 16.1 Å². The van der Waals surface area contributed by atoms with Crippen LogP contribution in [0.3, 0.4) is 0 Å². The first-order valence-corrected chi connectivity index (χ1v) is 9.14. The molecule has 0 aliphatic heterocycles. The van der Waals surface area contributed by atoms with Crippen LogP contribution in [0.25, 0.3) is 0 Å². The van der Waals surface area contributed by atoms with Gasteiger partial charge < -0.3 is 5.32 Å². The molecule has 1 aliphatic rings. The Morgan fingerprint density at radius 3 is 2.50 bits per heavy atom. The molecule has 0 unspecified atom stereocenters. The summed E-state index contributed by atoms with van der Waals surface area (Å²) in [4.78, 5) is 11.6. The zero-order valence-electron chi connectivity index (χ0n) is 10.3. The van der Waals surface area contributed by atoms with Crippen molar-refractivity contribution in [3.8, 4) is 0 Å². The van der Waals surface area contributed by atoms with Crippen molar-refractivity contribution in [2.75, 3.05) is 0 Å². The van der Waals surface area contributed by atoms with E-state index in [0.29, 0.717) is 0 Å². The van der Waals surface area contributed by atoms with Crippen LogP contribution in [-0.2, 0) is 9.05 Å². The average Bonchev–Trinajstić information content (AvgIpc) is 2.83. The predicted molar refractivity (Wildman–Crippen MR) is 76.9 cm³/mol. The Hall–Kier alpha value is -0.660. The van der Waals surface area contributed by atoms with Gasteiger partial charge in [-0.15, -0.1) is 0 Å². The number of amides is 1. The molecular formula is C12H12BrClFNO3S. The van der Waals surface area contributed by atoms with Gasteiger partial charge in [-0.2, -0.15) is 0 Å². The molecule has 1 N–H and O–H groups in total. The van der Waals surface area contributed by atoms with Crippen LogP contribution in [0.1, 0.15) is 36.0 Å². The van der Waals surface area contributed by atoms with Gasteiger partial charge >= 0.3 is 0 Å². The molecule has 1 fully saturated rings. The number of nitrogens with one attached hydrogen (secondary N) is 1. The SMILES string of the molecule is O=C(NC1CCCC1)c1cc(F)c(Br)c(S(=O)(=O)Cl)c1. The van der Waals surface area contributed by atoms with Crippen LogP contribution in [0.5, 0.6) is 0 Å². The van der Waals surface area contributed by atoms with E-state index in [1.807, 2.05) is 0 Å². The van der Waals surface area contributed by atoms with Gasteiger partial charge in [0.1, 0.15) is 10.7 Å². The van der Waals surface area contributed by atoms with E-state index in [2.05, 4.69) is 21.2 Å². The second-order valence-electron chi connectivity index (χ2n) is 4.66. The predicted octanol–water partition coefficient (Wildman–Crippen LogP) is 3.19. The molecule has 1 aromatic carbocycles. The van der Waals surface area contributed by atoms with Crippen molar-refractivity contribution < 1.29 is 17.6 Å². The van der Waals surface area contributed by atoms with Crippen LogP contribution >= 0.6 is 26.6 Å². The number of benzene rings is 1. The third kappa shape index (κ3) is 3.51. The monoisotopic (exact) mass is 383 g/mol. The van der Waals surface area contributed by atoms with Gasteiger partial charge in [0, 0.05) is 22.3 Å². The summed E-state index contributed by atoms with van der Waals surface area (Å²) < 4.78 is 36.1. The maximum atomic E-state index is 13.7. The Kier molecular flexibility index (Phi) is 4.71. The molecule has 0 spiro atoms. The molecule has 0 bridgehead atoms. The Balaban J connectivity index is 2.32. The number of hydrogen-bond donors (Lipinski definition) is 1. The molecule has 2 rings (SSSR count). The zero-order valence-corrected chi connectivity index (χ0v) is 13.5. The summed E-state index contributed by atoms with van der Waals surface area (Å²) in [5.41, 5.74) is -0.0585. The lowest BCUT2D eigenvalue weighted by molar-refractivity contribution is 0.0937. The minimum atomic E-state index is -4.13. The van der Waals surface area contributed by atoms with E-state index < -0.39 is 25.7 Å². The van der Waals surface area contributed by atoms with E-state index in [9.17, 15) is 17.6 Å². The molecule has 1 aromatic rings. The summed E-state index contributed by atoms with van der Waals surface area (Å²) in [6.07, 6.45) is 3.85. The number of rotatable bonds is 3. The highest BCUT2D eigenvalue weighted by atomic mass is 79.9. The fraction of sp³-hybridized carbons (Fsp3) is 0.417. The molecule has 8 heteroatoms. The van der Waals surface area contributed by atoms with Crippen molar-refractivity contribution in [3.63, 3.8) is 0 Å². The molecule has 1 saturated carbocycles. The normalized spacial score (nSPS) is 16.4. The minimum absolute atomic E-state index is 0.0585. The van der Waals surface area contributed by atoms with Gasteiger partial charge in [-0.05, 0) is 40.9 Å². The average molecular weight is 385 g/mol. The van der Waals surface area contributed by atoms with E-state index in [4.69, 9.17) is 10.7 Å². The van der Waals surface area contributed by atoms with Crippen molar-refractivity contribution in [2.24, 2.45) is 0 Å². The Labute approximate surface area is 129 Å². The Morgan fingerprint density at radius 1 is 1.35 bits per heavy atom. The lowest BCUT2D eigenvalue weighted by atomic mass is 10.1. The smallest absolute Gasteiger partial charge is 0.262 e. The highest BCUT2D eigenvalue weighted by Gasteiger charge is 2.23. The van der Waals surface area contributed by atoms with Gasteiger partial charge in [-0.25, -0.2) is 12.8 Å². The maximum Gasteiger partial charge on any atom is 0.262 e. The molecule has 0 heterocycles. The molecule has 20 heavy (non-hydrogen) atoms. The van der Waals surface area contributed by atoms with Crippen molar-refractivity contribution in [3.05, 3.63) is 28.0 Å². The van der Waals surface area contributed by atoms with Crippen molar-refractivity contribution in [1.29, 1.82) is 0 Å². The highest BCUT2D eigenvalue weighted by Crippen LogP contribution is 2.29. The lowest BCUT2D eigenvalue weighted by Crippen LogP contribution is -2.32. The lowest BCUT2D eigenvalue weighted by Gasteiger charge is -2.13. The zero-order chi connectivity index (χ0) is 14.9. The number of hydrogen-bond acceptors (Lipinski definition) is 3. The topological polar surface area (TPSA) is 63.2 Å².